The van der Waals surface area contributed by atoms with Crippen molar-refractivity contribution >= 4 is 0 Å². The Morgan fingerprint density at radius 2 is 2.09 bits per heavy atom. The van der Waals surface area contributed by atoms with E-state index in [0.29, 0.717) is 6.61 Å². The molecule has 1 fully saturated rings. The molecule has 1 aromatic rings. The maximum absolute atomic E-state index is 10.5. The molecule has 2 rings (SSSR count). The van der Waals surface area contributed by atoms with Crippen molar-refractivity contribution in [2.24, 2.45) is 5.11 Å². The van der Waals surface area contributed by atoms with E-state index in [-0.39, 0.29) is 6.61 Å². The molecule has 0 radical (unpaired) electrons. The second-order valence-electron chi connectivity index (χ2n) is 6.06. The smallest absolute Gasteiger partial charge is 0.163 e. The molecular formula is C16H23N3O4. The van der Waals surface area contributed by atoms with Crippen LogP contribution in [-0.2, 0) is 20.8 Å². The lowest BCUT2D eigenvalue weighted by atomic mass is 10.0. The molecule has 1 aromatic carbocycles. The summed E-state index contributed by atoms with van der Waals surface area (Å²) in [6, 6.07) is 8.93. The van der Waals surface area contributed by atoms with Crippen LogP contribution < -0.4 is 0 Å². The molecule has 1 N–H and O–H groups in total. The molecule has 7 heteroatoms. The molecular weight excluding hydrogens is 298 g/mol. The first kappa shape index (κ1) is 17.7. The van der Waals surface area contributed by atoms with Gasteiger partial charge in [0, 0.05) is 4.91 Å². The second kappa shape index (κ2) is 7.77. The Balaban J connectivity index is 2.15. The number of hydrogen-bond acceptors (Lipinski definition) is 5. The van der Waals surface area contributed by atoms with Gasteiger partial charge in [0.25, 0.3) is 0 Å². The van der Waals surface area contributed by atoms with E-state index in [2.05, 4.69) is 10.0 Å². The third kappa shape index (κ3) is 4.92. The highest BCUT2D eigenvalue weighted by atomic mass is 16.7. The Bertz CT molecular complexity index is 546. The average molecular weight is 321 g/mol. The number of nitrogens with zero attached hydrogens (tertiary/aromatic N) is 3. The van der Waals surface area contributed by atoms with Gasteiger partial charge in [-0.15, -0.1) is 0 Å². The van der Waals surface area contributed by atoms with Crippen LogP contribution in [0.15, 0.2) is 35.4 Å². The van der Waals surface area contributed by atoms with Gasteiger partial charge >= 0.3 is 0 Å². The first-order valence-electron chi connectivity index (χ1n) is 7.62. The van der Waals surface area contributed by atoms with Gasteiger partial charge in [-0.2, -0.15) is 0 Å². The van der Waals surface area contributed by atoms with Crippen molar-refractivity contribution in [3.8, 4) is 0 Å². The van der Waals surface area contributed by atoms with E-state index >= 15 is 0 Å². The molecule has 2 unspecified atom stereocenters. The van der Waals surface area contributed by atoms with Gasteiger partial charge in [0.05, 0.1) is 31.5 Å². The van der Waals surface area contributed by atoms with Crippen LogP contribution in [0.3, 0.4) is 0 Å². The minimum atomic E-state index is -1.01. The molecule has 0 aliphatic carbocycles. The van der Waals surface area contributed by atoms with Crippen molar-refractivity contribution in [3.05, 3.63) is 46.3 Å². The topological polar surface area (TPSA) is 96.7 Å². The zero-order valence-electron chi connectivity index (χ0n) is 13.6. The fourth-order valence-corrected chi connectivity index (χ4v) is 2.60. The van der Waals surface area contributed by atoms with Gasteiger partial charge in [-0.3, -0.25) is 0 Å². The van der Waals surface area contributed by atoms with Crippen molar-refractivity contribution in [1.82, 2.24) is 0 Å². The van der Waals surface area contributed by atoms with Crippen molar-refractivity contribution < 1.29 is 19.3 Å². The molecule has 0 spiro atoms. The first-order chi connectivity index (χ1) is 10.9. The second-order valence-corrected chi connectivity index (χ2v) is 6.06. The molecule has 126 valence electrons. The predicted octanol–water partition coefficient (Wildman–Crippen LogP) is 2.78. The summed E-state index contributed by atoms with van der Waals surface area (Å²) < 4.78 is 17.3. The van der Waals surface area contributed by atoms with Crippen molar-refractivity contribution in [1.29, 1.82) is 0 Å². The Labute approximate surface area is 135 Å². The largest absolute Gasteiger partial charge is 0.390 e. The predicted molar refractivity (Wildman–Crippen MR) is 84.5 cm³/mol. The number of hydrogen-bond donors (Lipinski definition) is 1. The standard InChI is InChI=1S/C16H23N3O4/c1-11-15(21-9-12-7-5-4-6-8-12)14(20)13(18-19-17)10-22-16(2,3)23-11/h4-8,11,13-15,20H,9-10H2,1-3H3/t11?,13?,14-,15-/m1/s1. The first-order valence-corrected chi connectivity index (χ1v) is 7.62. The number of ether oxygens (including phenoxy) is 3. The average Bonchev–Trinajstić information content (AvgIpc) is 2.51. The lowest BCUT2D eigenvalue weighted by Crippen LogP contribution is -2.53. The highest BCUT2D eigenvalue weighted by Gasteiger charge is 2.39. The maximum atomic E-state index is 10.5. The molecule has 1 saturated heterocycles. The monoisotopic (exact) mass is 321 g/mol. The van der Waals surface area contributed by atoms with Gasteiger partial charge < -0.3 is 19.3 Å². The third-order valence-corrected chi connectivity index (χ3v) is 3.75. The van der Waals surface area contributed by atoms with Crippen LogP contribution in [0, 0.1) is 0 Å². The summed E-state index contributed by atoms with van der Waals surface area (Å²) in [4.78, 5) is 2.80. The van der Waals surface area contributed by atoms with Crippen molar-refractivity contribution in [3.63, 3.8) is 0 Å². The molecule has 0 bridgehead atoms. The summed E-state index contributed by atoms with van der Waals surface area (Å²) >= 11 is 0. The fourth-order valence-electron chi connectivity index (χ4n) is 2.60. The normalized spacial score (nSPS) is 30.8. The highest BCUT2D eigenvalue weighted by Crippen LogP contribution is 2.26. The van der Waals surface area contributed by atoms with Crippen LogP contribution in [0.1, 0.15) is 26.3 Å². The van der Waals surface area contributed by atoms with E-state index in [1.165, 1.54) is 0 Å². The zero-order chi connectivity index (χ0) is 16.9. The lowest BCUT2D eigenvalue weighted by molar-refractivity contribution is -0.280. The molecule has 23 heavy (non-hydrogen) atoms. The molecule has 1 aliphatic heterocycles. The summed E-state index contributed by atoms with van der Waals surface area (Å²) in [7, 11) is 0. The molecule has 1 aliphatic rings. The molecule has 4 atom stereocenters. The lowest BCUT2D eigenvalue weighted by Gasteiger charge is -2.40. The van der Waals surface area contributed by atoms with Crippen molar-refractivity contribution in [2.75, 3.05) is 6.61 Å². The summed E-state index contributed by atoms with van der Waals surface area (Å²) in [6.45, 7) is 5.77. The van der Waals surface area contributed by atoms with E-state index < -0.39 is 30.1 Å². The third-order valence-electron chi connectivity index (χ3n) is 3.75. The van der Waals surface area contributed by atoms with Crippen LogP contribution in [0.4, 0.5) is 0 Å². The molecule has 1 heterocycles. The number of aliphatic hydroxyl groups is 1. The summed E-state index contributed by atoms with van der Waals surface area (Å²) in [5, 5.41) is 14.2. The van der Waals surface area contributed by atoms with Gasteiger partial charge in [0.2, 0.25) is 0 Å². The van der Waals surface area contributed by atoms with E-state index in [0.717, 1.165) is 5.56 Å². The quantitative estimate of drug-likeness (QED) is 0.524. The van der Waals surface area contributed by atoms with E-state index in [1.54, 1.807) is 13.8 Å². The Kier molecular flexibility index (Phi) is 5.98. The molecule has 0 amide bonds. The molecule has 0 saturated carbocycles. The highest BCUT2D eigenvalue weighted by molar-refractivity contribution is 5.13. The van der Waals surface area contributed by atoms with Gasteiger partial charge in [0.1, 0.15) is 6.10 Å². The van der Waals surface area contributed by atoms with Gasteiger partial charge in [0.15, 0.2) is 5.79 Å². The minimum Gasteiger partial charge on any atom is -0.390 e. The Hall–Kier alpha value is -1.63. The maximum Gasteiger partial charge on any atom is 0.163 e. The van der Waals surface area contributed by atoms with Gasteiger partial charge in [-0.05, 0) is 31.9 Å². The fraction of sp³-hybridized carbons (Fsp3) is 0.625. The summed E-state index contributed by atoms with van der Waals surface area (Å²) in [6.07, 6.45) is -2.07. The number of rotatable bonds is 4. The van der Waals surface area contributed by atoms with Crippen LogP contribution in [-0.4, -0.2) is 41.9 Å². The van der Waals surface area contributed by atoms with Crippen molar-refractivity contribution in [2.45, 2.75) is 57.5 Å². The SMILES string of the molecule is CC1OC(C)(C)OCC(N=[N+]=[N-])[C@@H](O)[C@@H]1OCc1ccccc1. The van der Waals surface area contributed by atoms with Crippen LogP contribution in [0.25, 0.3) is 10.4 Å². The summed E-state index contributed by atoms with van der Waals surface area (Å²) in [5.74, 6) is -0.850. The number of azide groups is 1. The Morgan fingerprint density at radius 3 is 2.74 bits per heavy atom. The minimum absolute atomic E-state index is 0.0656. The van der Waals surface area contributed by atoms with Gasteiger partial charge in [-0.25, -0.2) is 0 Å². The van der Waals surface area contributed by atoms with E-state index in [1.807, 2.05) is 37.3 Å². The Morgan fingerprint density at radius 1 is 1.39 bits per heavy atom. The van der Waals surface area contributed by atoms with Gasteiger partial charge in [-0.1, -0.05) is 35.4 Å². The molecule has 0 aromatic heterocycles. The van der Waals surface area contributed by atoms with E-state index in [4.69, 9.17) is 19.7 Å². The zero-order valence-corrected chi connectivity index (χ0v) is 13.6. The van der Waals surface area contributed by atoms with Crippen LogP contribution in [0.2, 0.25) is 0 Å². The summed E-state index contributed by atoms with van der Waals surface area (Å²) in [5.41, 5.74) is 9.70. The van der Waals surface area contributed by atoms with Crippen LogP contribution in [0.5, 0.6) is 0 Å². The van der Waals surface area contributed by atoms with E-state index in [9.17, 15) is 5.11 Å². The van der Waals surface area contributed by atoms with Crippen LogP contribution >= 0.6 is 0 Å². The number of benzene rings is 1. The molecule has 7 nitrogen and oxygen atoms in total. The number of aliphatic hydroxyl groups excluding tert-OH is 1.